The van der Waals surface area contributed by atoms with Crippen LogP contribution < -0.4 is 4.74 Å². The van der Waals surface area contributed by atoms with Crippen molar-refractivity contribution in [2.45, 2.75) is 11.8 Å². The molecule has 3 rings (SSSR count). The summed E-state index contributed by atoms with van der Waals surface area (Å²) in [4.78, 5) is 0. The van der Waals surface area contributed by atoms with Crippen molar-refractivity contribution in [1.29, 1.82) is 0 Å². The summed E-state index contributed by atoms with van der Waals surface area (Å²) >= 11 is 7.72. The van der Waals surface area contributed by atoms with Gasteiger partial charge in [-0.15, -0.1) is 16.8 Å². The van der Waals surface area contributed by atoms with Crippen molar-refractivity contribution in [3.05, 3.63) is 78.1 Å². The molecule has 0 spiro atoms. The Morgan fingerprint density at radius 2 is 1.83 bits per heavy atom. The fourth-order valence-electron chi connectivity index (χ4n) is 2.16. The first kappa shape index (κ1) is 16.6. The van der Waals surface area contributed by atoms with Gasteiger partial charge in [0.25, 0.3) is 0 Å². The first-order valence-corrected chi connectivity index (χ1v) is 8.76. The number of para-hydroxylation sites is 2. The molecule has 0 aliphatic rings. The van der Waals surface area contributed by atoms with Crippen molar-refractivity contribution >= 4 is 23.4 Å². The highest BCUT2D eigenvalue weighted by atomic mass is 35.5. The van der Waals surface area contributed by atoms with E-state index in [1.165, 1.54) is 0 Å². The predicted molar refractivity (Wildman–Crippen MR) is 98.1 cm³/mol. The van der Waals surface area contributed by atoms with Crippen LogP contribution >= 0.6 is 23.4 Å². The summed E-state index contributed by atoms with van der Waals surface area (Å²) in [7, 11) is 0. The smallest absolute Gasteiger partial charge is 0.196 e. The van der Waals surface area contributed by atoms with Crippen LogP contribution in [0.1, 0.15) is 5.82 Å². The molecule has 0 radical (unpaired) electrons. The van der Waals surface area contributed by atoms with Crippen molar-refractivity contribution in [3.63, 3.8) is 0 Å². The molecule has 0 unspecified atom stereocenters. The molecule has 0 aliphatic carbocycles. The molecule has 1 aromatic heterocycles. The van der Waals surface area contributed by atoms with E-state index in [0.717, 1.165) is 16.6 Å². The lowest BCUT2D eigenvalue weighted by Gasteiger charge is -2.11. The first-order valence-electron chi connectivity index (χ1n) is 7.40. The SMILES string of the molecule is C=CCSc1nnc(COc2ccccc2Cl)n1-c1ccccc1. The predicted octanol–water partition coefficient (Wildman–Crippen LogP) is 4.78. The summed E-state index contributed by atoms with van der Waals surface area (Å²) in [6.07, 6.45) is 1.84. The fraction of sp³-hybridized carbons (Fsp3) is 0.111. The maximum absolute atomic E-state index is 6.14. The maximum atomic E-state index is 6.14. The molecule has 24 heavy (non-hydrogen) atoms. The molecule has 0 atom stereocenters. The Bertz CT molecular complexity index is 820. The van der Waals surface area contributed by atoms with Crippen LogP contribution in [0.3, 0.4) is 0 Å². The van der Waals surface area contributed by atoms with Crippen molar-refractivity contribution < 1.29 is 4.74 Å². The van der Waals surface area contributed by atoms with E-state index >= 15 is 0 Å². The van der Waals surface area contributed by atoms with Gasteiger partial charge in [-0.1, -0.05) is 59.8 Å². The standard InChI is InChI=1S/C18H16ClN3OS/c1-2-12-24-18-21-20-17(22(18)14-8-4-3-5-9-14)13-23-16-11-7-6-10-15(16)19/h2-11H,1,12-13H2. The second-order valence-electron chi connectivity index (χ2n) is 4.89. The maximum Gasteiger partial charge on any atom is 0.196 e. The Hall–Kier alpha value is -2.24. The average molecular weight is 358 g/mol. The van der Waals surface area contributed by atoms with Crippen LogP contribution in [0, 0.1) is 0 Å². The van der Waals surface area contributed by atoms with Crippen LogP contribution in [0.2, 0.25) is 5.02 Å². The van der Waals surface area contributed by atoms with Crippen molar-refractivity contribution in [1.82, 2.24) is 14.8 Å². The lowest BCUT2D eigenvalue weighted by molar-refractivity contribution is 0.293. The topological polar surface area (TPSA) is 39.9 Å². The van der Waals surface area contributed by atoms with Gasteiger partial charge in [-0.2, -0.15) is 0 Å². The highest BCUT2D eigenvalue weighted by Crippen LogP contribution is 2.26. The van der Waals surface area contributed by atoms with Crippen LogP contribution in [0.5, 0.6) is 5.75 Å². The van der Waals surface area contributed by atoms with Crippen molar-refractivity contribution in [2.24, 2.45) is 0 Å². The third kappa shape index (κ3) is 3.80. The van der Waals surface area contributed by atoms with Gasteiger partial charge in [0.15, 0.2) is 11.0 Å². The number of benzene rings is 2. The van der Waals surface area contributed by atoms with E-state index in [-0.39, 0.29) is 6.61 Å². The van der Waals surface area contributed by atoms with Crippen LogP contribution in [0.4, 0.5) is 0 Å². The third-order valence-corrected chi connectivity index (χ3v) is 4.48. The Morgan fingerprint density at radius 3 is 2.58 bits per heavy atom. The molecule has 0 amide bonds. The summed E-state index contributed by atoms with van der Waals surface area (Å²) in [5.74, 6) is 2.10. The van der Waals surface area contributed by atoms with Crippen LogP contribution in [0.25, 0.3) is 5.69 Å². The molecule has 4 nitrogen and oxygen atoms in total. The van der Waals surface area contributed by atoms with Gasteiger partial charge in [0, 0.05) is 11.4 Å². The molecule has 0 aliphatic heterocycles. The molecule has 0 bridgehead atoms. The molecular weight excluding hydrogens is 342 g/mol. The number of nitrogens with zero attached hydrogens (tertiary/aromatic N) is 3. The minimum Gasteiger partial charge on any atom is -0.484 e. The first-order chi connectivity index (χ1) is 11.8. The molecule has 3 aromatic rings. The monoisotopic (exact) mass is 357 g/mol. The van der Waals surface area contributed by atoms with Gasteiger partial charge in [-0.3, -0.25) is 4.57 Å². The quantitative estimate of drug-likeness (QED) is 0.450. The van der Waals surface area contributed by atoms with Gasteiger partial charge >= 0.3 is 0 Å². The minimum atomic E-state index is 0.278. The van der Waals surface area contributed by atoms with E-state index in [9.17, 15) is 0 Å². The average Bonchev–Trinajstić information content (AvgIpc) is 3.03. The zero-order chi connectivity index (χ0) is 16.8. The van der Waals surface area contributed by atoms with E-state index in [1.807, 2.05) is 59.2 Å². The zero-order valence-electron chi connectivity index (χ0n) is 12.9. The summed E-state index contributed by atoms with van der Waals surface area (Å²) < 4.78 is 7.81. The Balaban J connectivity index is 1.88. The molecule has 0 N–H and O–H groups in total. The molecule has 0 fully saturated rings. The largest absolute Gasteiger partial charge is 0.484 e. The number of thioether (sulfide) groups is 1. The molecule has 6 heteroatoms. The molecule has 2 aromatic carbocycles. The highest BCUT2D eigenvalue weighted by molar-refractivity contribution is 7.99. The summed E-state index contributed by atoms with van der Waals surface area (Å²) in [5, 5.41) is 9.94. The number of ether oxygens (including phenoxy) is 1. The van der Waals surface area contributed by atoms with Crippen molar-refractivity contribution in [2.75, 3.05) is 5.75 Å². The van der Waals surface area contributed by atoms with E-state index in [0.29, 0.717) is 16.6 Å². The Kier molecular flexibility index (Phi) is 5.56. The van der Waals surface area contributed by atoms with Gasteiger partial charge in [0.2, 0.25) is 0 Å². The number of hydrogen-bond donors (Lipinski definition) is 0. The second kappa shape index (κ2) is 8.04. The molecule has 1 heterocycles. The highest BCUT2D eigenvalue weighted by Gasteiger charge is 2.15. The van der Waals surface area contributed by atoms with E-state index < -0.39 is 0 Å². The molecule has 0 saturated carbocycles. The number of aromatic nitrogens is 3. The third-order valence-electron chi connectivity index (χ3n) is 3.24. The number of halogens is 1. The fourth-order valence-corrected chi connectivity index (χ4v) is 3.06. The van der Waals surface area contributed by atoms with Crippen LogP contribution in [-0.2, 0) is 6.61 Å². The normalized spacial score (nSPS) is 10.5. The van der Waals surface area contributed by atoms with Gasteiger partial charge < -0.3 is 4.74 Å². The summed E-state index contributed by atoms with van der Waals surface area (Å²) in [6.45, 7) is 4.03. The minimum absolute atomic E-state index is 0.278. The van der Waals surface area contributed by atoms with E-state index in [1.54, 1.807) is 17.8 Å². The number of rotatable bonds is 7. The van der Waals surface area contributed by atoms with Gasteiger partial charge in [0.1, 0.15) is 12.4 Å². The summed E-state index contributed by atoms with van der Waals surface area (Å²) in [6, 6.07) is 17.3. The van der Waals surface area contributed by atoms with Crippen LogP contribution in [-0.4, -0.2) is 20.5 Å². The van der Waals surface area contributed by atoms with E-state index in [2.05, 4.69) is 16.8 Å². The molecule has 0 saturated heterocycles. The molecular formula is C18H16ClN3OS. The van der Waals surface area contributed by atoms with Gasteiger partial charge in [-0.25, -0.2) is 0 Å². The molecule has 122 valence electrons. The Labute approximate surface area is 150 Å². The van der Waals surface area contributed by atoms with Crippen molar-refractivity contribution in [3.8, 4) is 11.4 Å². The van der Waals surface area contributed by atoms with Gasteiger partial charge in [-0.05, 0) is 24.3 Å². The second-order valence-corrected chi connectivity index (χ2v) is 6.28. The van der Waals surface area contributed by atoms with E-state index in [4.69, 9.17) is 16.3 Å². The Morgan fingerprint density at radius 1 is 1.08 bits per heavy atom. The zero-order valence-corrected chi connectivity index (χ0v) is 14.5. The lowest BCUT2D eigenvalue weighted by Crippen LogP contribution is -2.06. The number of hydrogen-bond acceptors (Lipinski definition) is 4. The summed E-state index contributed by atoms with van der Waals surface area (Å²) in [5.41, 5.74) is 0.992. The van der Waals surface area contributed by atoms with Crippen LogP contribution in [0.15, 0.2) is 72.4 Å². The lowest BCUT2D eigenvalue weighted by atomic mass is 10.3. The van der Waals surface area contributed by atoms with Gasteiger partial charge in [0.05, 0.1) is 5.02 Å².